The highest BCUT2D eigenvalue weighted by molar-refractivity contribution is 7.93. The summed E-state index contributed by atoms with van der Waals surface area (Å²) in [5.74, 6) is 0. The highest BCUT2D eigenvalue weighted by atomic mass is 32.2. The number of nitro benzene ring substituents is 1. The van der Waals surface area contributed by atoms with Gasteiger partial charge in [-0.25, -0.2) is 8.42 Å². The van der Waals surface area contributed by atoms with Crippen molar-refractivity contribution in [2.75, 3.05) is 17.1 Å². The molecule has 1 heterocycles. The molecule has 0 bridgehead atoms. The Morgan fingerprint density at radius 3 is 2.60 bits per heavy atom. The Morgan fingerprint density at radius 1 is 1.30 bits per heavy atom. The summed E-state index contributed by atoms with van der Waals surface area (Å²) in [6.07, 6.45) is 0. The molecule has 0 amide bonds. The van der Waals surface area contributed by atoms with Gasteiger partial charge in [-0.15, -0.1) is 0 Å². The standard InChI is InChI=1S/C11H11N3O4S2/c1-12-10-3-2-9(14(15)16)6-11(10)20(17,18)13-8-4-5-19-7-8/h2-7,12-13H,1H3. The molecule has 2 aromatic rings. The van der Waals surface area contributed by atoms with Gasteiger partial charge >= 0.3 is 0 Å². The van der Waals surface area contributed by atoms with Gasteiger partial charge in [-0.2, -0.15) is 11.3 Å². The lowest BCUT2D eigenvalue weighted by molar-refractivity contribution is -0.385. The van der Waals surface area contributed by atoms with Gasteiger partial charge in [0.05, 0.1) is 16.3 Å². The number of hydrogen-bond acceptors (Lipinski definition) is 6. The van der Waals surface area contributed by atoms with Crippen LogP contribution < -0.4 is 10.0 Å². The second-order valence-electron chi connectivity index (χ2n) is 3.81. The summed E-state index contributed by atoms with van der Waals surface area (Å²) in [6.45, 7) is 0. The summed E-state index contributed by atoms with van der Waals surface area (Å²) in [5.41, 5.74) is 0.427. The number of rotatable bonds is 5. The van der Waals surface area contributed by atoms with E-state index in [-0.39, 0.29) is 10.6 Å². The van der Waals surface area contributed by atoms with Gasteiger partial charge in [0.25, 0.3) is 15.7 Å². The molecule has 0 saturated heterocycles. The van der Waals surface area contributed by atoms with E-state index < -0.39 is 14.9 Å². The van der Waals surface area contributed by atoms with Gasteiger partial charge in [0.1, 0.15) is 4.90 Å². The minimum atomic E-state index is -3.89. The van der Waals surface area contributed by atoms with Crippen molar-refractivity contribution >= 4 is 38.4 Å². The van der Waals surface area contributed by atoms with Crippen molar-refractivity contribution < 1.29 is 13.3 Å². The average molecular weight is 313 g/mol. The normalized spacial score (nSPS) is 11.1. The third-order valence-corrected chi connectivity index (χ3v) is 4.61. The van der Waals surface area contributed by atoms with Gasteiger partial charge in [0.15, 0.2) is 0 Å². The van der Waals surface area contributed by atoms with Crippen LogP contribution in [0.1, 0.15) is 0 Å². The third kappa shape index (κ3) is 2.89. The molecule has 0 unspecified atom stereocenters. The zero-order valence-corrected chi connectivity index (χ0v) is 12.0. The molecular formula is C11H11N3O4S2. The number of nitrogens with one attached hydrogen (secondary N) is 2. The van der Waals surface area contributed by atoms with Gasteiger partial charge in [-0.3, -0.25) is 14.8 Å². The summed E-state index contributed by atoms with van der Waals surface area (Å²) < 4.78 is 26.9. The number of benzene rings is 1. The van der Waals surface area contributed by atoms with Gasteiger partial charge in [0.2, 0.25) is 0 Å². The van der Waals surface area contributed by atoms with Crippen molar-refractivity contribution in [3.8, 4) is 0 Å². The van der Waals surface area contributed by atoms with Gasteiger partial charge in [-0.05, 0) is 17.5 Å². The maximum absolute atomic E-state index is 12.3. The van der Waals surface area contributed by atoms with Crippen molar-refractivity contribution in [3.05, 3.63) is 45.1 Å². The van der Waals surface area contributed by atoms with E-state index in [4.69, 9.17) is 0 Å². The van der Waals surface area contributed by atoms with Crippen LogP contribution in [0.2, 0.25) is 0 Å². The molecule has 0 saturated carbocycles. The molecule has 0 aliphatic carbocycles. The summed E-state index contributed by atoms with van der Waals surface area (Å²) in [5, 5.41) is 16.8. The average Bonchev–Trinajstić information content (AvgIpc) is 2.90. The number of nitro groups is 1. The first-order valence-corrected chi connectivity index (χ1v) is 7.88. The van der Waals surface area contributed by atoms with Crippen LogP contribution in [0.3, 0.4) is 0 Å². The predicted octanol–water partition coefficient (Wildman–Crippen LogP) is 2.50. The molecule has 0 radical (unpaired) electrons. The smallest absolute Gasteiger partial charge is 0.270 e. The molecule has 106 valence electrons. The first-order chi connectivity index (χ1) is 9.44. The Balaban J connectivity index is 2.48. The molecular weight excluding hydrogens is 302 g/mol. The zero-order chi connectivity index (χ0) is 14.8. The van der Waals surface area contributed by atoms with Crippen LogP contribution in [0, 0.1) is 10.1 Å². The second kappa shape index (κ2) is 5.47. The summed E-state index contributed by atoms with van der Waals surface area (Å²) in [6, 6.07) is 5.24. The third-order valence-electron chi connectivity index (χ3n) is 2.51. The number of non-ortho nitro benzene ring substituents is 1. The lowest BCUT2D eigenvalue weighted by atomic mass is 10.3. The highest BCUT2D eigenvalue weighted by Gasteiger charge is 2.22. The van der Waals surface area contributed by atoms with Crippen molar-refractivity contribution in [2.45, 2.75) is 4.90 Å². The maximum Gasteiger partial charge on any atom is 0.270 e. The molecule has 0 spiro atoms. The molecule has 1 aromatic carbocycles. The zero-order valence-electron chi connectivity index (χ0n) is 10.4. The fraction of sp³-hybridized carbons (Fsp3) is 0.0909. The number of hydrogen-bond donors (Lipinski definition) is 2. The Kier molecular flexibility index (Phi) is 3.91. The Hall–Kier alpha value is -2.13. The Morgan fingerprint density at radius 2 is 2.05 bits per heavy atom. The summed E-state index contributed by atoms with van der Waals surface area (Å²) >= 11 is 1.34. The topological polar surface area (TPSA) is 101 Å². The minimum Gasteiger partial charge on any atom is -0.387 e. The van der Waals surface area contributed by atoms with Crippen LogP contribution in [-0.2, 0) is 10.0 Å². The lowest BCUT2D eigenvalue weighted by Crippen LogP contribution is -2.14. The van der Waals surface area contributed by atoms with Crippen molar-refractivity contribution in [2.24, 2.45) is 0 Å². The summed E-state index contributed by atoms with van der Waals surface area (Å²) in [7, 11) is -2.35. The van der Waals surface area contributed by atoms with Crippen molar-refractivity contribution in [1.82, 2.24) is 0 Å². The fourth-order valence-electron chi connectivity index (χ4n) is 1.59. The molecule has 0 fully saturated rings. The van der Waals surface area contributed by atoms with Crippen LogP contribution in [0.25, 0.3) is 0 Å². The van der Waals surface area contributed by atoms with Crippen LogP contribution in [0.5, 0.6) is 0 Å². The van der Waals surface area contributed by atoms with E-state index in [0.717, 1.165) is 6.07 Å². The number of nitrogens with zero attached hydrogens (tertiary/aromatic N) is 1. The van der Waals surface area contributed by atoms with E-state index in [0.29, 0.717) is 11.4 Å². The SMILES string of the molecule is CNc1ccc([N+](=O)[O-])cc1S(=O)(=O)Nc1ccsc1. The van der Waals surface area contributed by atoms with Gasteiger partial charge < -0.3 is 5.32 Å². The van der Waals surface area contributed by atoms with E-state index in [1.54, 1.807) is 23.9 Å². The van der Waals surface area contributed by atoms with Gasteiger partial charge in [-0.1, -0.05) is 0 Å². The second-order valence-corrected chi connectivity index (χ2v) is 6.24. The largest absolute Gasteiger partial charge is 0.387 e. The number of sulfonamides is 1. The van der Waals surface area contributed by atoms with E-state index in [1.165, 1.54) is 23.5 Å². The van der Waals surface area contributed by atoms with E-state index >= 15 is 0 Å². The number of anilines is 2. The molecule has 0 atom stereocenters. The van der Waals surface area contributed by atoms with Crippen LogP contribution in [-0.4, -0.2) is 20.4 Å². The fourth-order valence-corrected chi connectivity index (χ4v) is 3.53. The quantitative estimate of drug-likeness (QED) is 0.652. The molecule has 7 nitrogen and oxygen atoms in total. The van der Waals surface area contributed by atoms with Crippen LogP contribution in [0.4, 0.5) is 17.1 Å². The summed E-state index contributed by atoms with van der Waals surface area (Å²) in [4.78, 5) is 9.97. The molecule has 2 N–H and O–H groups in total. The Labute approximate surface area is 119 Å². The van der Waals surface area contributed by atoms with Crippen LogP contribution >= 0.6 is 11.3 Å². The van der Waals surface area contributed by atoms with E-state index in [9.17, 15) is 18.5 Å². The molecule has 0 aliphatic rings. The van der Waals surface area contributed by atoms with E-state index in [1.807, 2.05) is 0 Å². The molecule has 2 rings (SSSR count). The maximum atomic E-state index is 12.3. The lowest BCUT2D eigenvalue weighted by Gasteiger charge is -2.10. The minimum absolute atomic E-state index is 0.166. The number of thiophene rings is 1. The molecule has 1 aromatic heterocycles. The van der Waals surface area contributed by atoms with Crippen LogP contribution in [0.15, 0.2) is 39.9 Å². The first-order valence-electron chi connectivity index (χ1n) is 5.45. The van der Waals surface area contributed by atoms with Crippen molar-refractivity contribution in [3.63, 3.8) is 0 Å². The Bertz CT molecular complexity index is 726. The predicted molar refractivity (Wildman–Crippen MR) is 77.8 cm³/mol. The monoisotopic (exact) mass is 313 g/mol. The highest BCUT2D eigenvalue weighted by Crippen LogP contribution is 2.28. The van der Waals surface area contributed by atoms with E-state index in [2.05, 4.69) is 10.0 Å². The molecule has 20 heavy (non-hydrogen) atoms. The molecule has 0 aliphatic heterocycles. The first kappa shape index (κ1) is 14.3. The van der Waals surface area contributed by atoms with Crippen molar-refractivity contribution in [1.29, 1.82) is 0 Å². The molecule has 9 heteroatoms. The van der Waals surface area contributed by atoms with Gasteiger partial charge in [0, 0.05) is 24.6 Å².